The molecule has 0 aliphatic heterocycles. The van der Waals surface area contributed by atoms with Gasteiger partial charge >= 0.3 is 0 Å². The van der Waals surface area contributed by atoms with Gasteiger partial charge in [-0.15, -0.1) is 0 Å². The highest BCUT2D eigenvalue weighted by Gasteiger charge is 2.19. The summed E-state index contributed by atoms with van der Waals surface area (Å²) in [6, 6.07) is 9.88. The summed E-state index contributed by atoms with van der Waals surface area (Å²) >= 11 is 3.46. The molecule has 2 aromatic rings. The standard InChI is InChI=1S/C17H19BrO2/c1-10-6-8-14(17(20-4)12(10)3)16(19)15-9-13(18)7-5-11(15)2/h5-9,16,19H,1-4H3. The lowest BCUT2D eigenvalue weighted by Crippen LogP contribution is -2.06. The molecular formula is C17H19BrO2. The van der Waals surface area contributed by atoms with Gasteiger partial charge in [-0.3, -0.25) is 0 Å². The molecule has 106 valence electrons. The SMILES string of the molecule is COc1c(C(O)c2cc(Br)ccc2C)ccc(C)c1C. The van der Waals surface area contributed by atoms with Gasteiger partial charge < -0.3 is 9.84 Å². The van der Waals surface area contributed by atoms with Gasteiger partial charge in [0, 0.05) is 10.0 Å². The Bertz CT molecular complexity index is 635. The zero-order valence-electron chi connectivity index (χ0n) is 12.2. The molecule has 2 nitrogen and oxygen atoms in total. The van der Waals surface area contributed by atoms with Gasteiger partial charge in [0.2, 0.25) is 0 Å². The van der Waals surface area contributed by atoms with Crippen LogP contribution in [0.4, 0.5) is 0 Å². The second-order valence-electron chi connectivity index (χ2n) is 5.03. The van der Waals surface area contributed by atoms with E-state index in [9.17, 15) is 5.11 Å². The number of benzene rings is 2. The summed E-state index contributed by atoms with van der Waals surface area (Å²) < 4.78 is 6.46. The Morgan fingerprint density at radius 1 is 1.00 bits per heavy atom. The van der Waals surface area contributed by atoms with E-state index in [1.165, 1.54) is 0 Å². The molecule has 0 aliphatic carbocycles. The van der Waals surface area contributed by atoms with Crippen LogP contribution in [0, 0.1) is 20.8 Å². The van der Waals surface area contributed by atoms with Crippen LogP contribution < -0.4 is 4.74 Å². The van der Waals surface area contributed by atoms with Crippen LogP contribution in [0.5, 0.6) is 5.75 Å². The minimum Gasteiger partial charge on any atom is -0.496 e. The van der Waals surface area contributed by atoms with E-state index in [-0.39, 0.29) is 0 Å². The Hall–Kier alpha value is -1.32. The average Bonchev–Trinajstić information content (AvgIpc) is 2.43. The maximum atomic E-state index is 10.7. The van der Waals surface area contributed by atoms with Gasteiger partial charge in [0.15, 0.2) is 0 Å². The molecule has 0 aliphatic rings. The van der Waals surface area contributed by atoms with Crippen molar-refractivity contribution in [3.8, 4) is 5.75 Å². The molecule has 1 atom stereocenters. The Labute approximate surface area is 128 Å². The van der Waals surface area contributed by atoms with Crippen molar-refractivity contribution in [2.45, 2.75) is 26.9 Å². The molecule has 2 aromatic carbocycles. The molecule has 0 saturated heterocycles. The van der Waals surface area contributed by atoms with E-state index >= 15 is 0 Å². The van der Waals surface area contributed by atoms with Crippen molar-refractivity contribution < 1.29 is 9.84 Å². The second kappa shape index (κ2) is 5.98. The van der Waals surface area contributed by atoms with Crippen LogP contribution in [0.2, 0.25) is 0 Å². The maximum Gasteiger partial charge on any atom is 0.128 e. The predicted molar refractivity (Wildman–Crippen MR) is 85.4 cm³/mol. The third kappa shape index (κ3) is 2.74. The van der Waals surface area contributed by atoms with E-state index in [0.717, 1.165) is 38.0 Å². The summed E-state index contributed by atoms with van der Waals surface area (Å²) in [5.41, 5.74) is 4.97. The van der Waals surface area contributed by atoms with Crippen molar-refractivity contribution >= 4 is 15.9 Å². The molecule has 0 heterocycles. The quantitative estimate of drug-likeness (QED) is 0.897. The van der Waals surface area contributed by atoms with Gasteiger partial charge in [0.1, 0.15) is 11.9 Å². The Kier molecular flexibility index (Phi) is 4.51. The molecule has 20 heavy (non-hydrogen) atoms. The molecule has 0 fully saturated rings. The molecule has 0 saturated carbocycles. The van der Waals surface area contributed by atoms with Gasteiger partial charge in [-0.25, -0.2) is 0 Å². The van der Waals surface area contributed by atoms with Gasteiger partial charge in [0.25, 0.3) is 0 Å². The van der Waals surface area contributed by atoms with Gasteiger partial charge in [0.05, 0.1) is 7.11 Å². The van der Waals surface area contributed by atoms with E-state index in [0.29, 0.717) is 0 Å². The Morgan fingerprint density at radius 2 is 1.65 bits per heavy atom. The molecule has 0 spiro atoms. The van der Waals surface area contributed by atoms with Crippen LogP contribution in [-0.4, -0.2) is 12.2 Å². The smallest absolute Gasteiger partial charge is 0.128 e. The fourth-order valence-electron chi connectivity index (χ4n) is 2.37. The molecule has 3 heteroatoms. The van der Waals surface area contributed by atoms with Gasteiger partial charge in [-0.2, -0.15) is 0 Å². The number of aliphatic hydroxyl groups excluding tert-OH is 1. The van der Waals surface area contributed by atoms with Gasteiger partial charge in [-0.1, -0.05) is 34.1 Å². The first-order valence-electron chi connectivity index (χ1n) is 6.54. The van der Waals surface area contributed by atoms with Crippen molar-refractivity contribution in [3.05, 3.63) is 62.6 Å². The summed E-state index contributed by atoms with van der Waals surface area (Å²) in [5, 5.41) is 10.7. The van der Waals surface area contributed by atoms with E-state index < -0.39 is 6.10 Å². The van der Waals surface area contributed by atoms with Gasteiger partial charge in [-0.05, 0) is 55.2 Å². The Balaban J connectivity index is 2.56. The number of ether oxygens (including phenoxy) is 1. The number of aryl methyl sites for hydroxylation is 2. The molecule has 0 amide bonds. The monoisotopic (exact) mass is 334 g/mol. The molecule has 0 bridgehead atoms. The third-order valence-corrected chi connectivity index (χ3v) is 4.24. The van der Waals surface area contributed by atoms with Crippen LogP contribution in [0.15, 0.2) is 34.8 Å². The van der Waals surface area contributed by atoms with Crippen LogP contribution in [-0.2, 0) is 0 Å². The number of methoxy groups -OCH3 is 1. The van der Waals surface area contributed by atoms with Crippen molar-refractivity contribution in [1.29, 1.82) is 0 Å². The maximum absolute atomic E-state index is 10.7. The fraction of sp³-hybridized carbons (Fsp3) is 0.294. The number of hydrogen-bond acceptors (Lipinski definition) is 2. The van der Waals surface area contributed by atoms with Crippen molar-refractivity contribution in [3.63, 3.8) is 0 Å². The molecular weight excluding hydrogens is 316 g/mol. The highest BCUT2D eigenvalue weighted by atomic mass is 79.9. The highest BCUT2D eigenvalue weighted by molar-refractivity contribution is 9.10. The van der Waals surface area contributed by atoms with E-state index in [1.54, 1.807) is 7.11 Å². The molecule has 1 N–H and O–H groups in total. The summed E-state index contributed by atoms with van der Waals surface area (Å²) in [6.45, 7) is 6.05. The number of aliphatic hydroxyl groups is 1. The molecule has 0 radical (unpaired) electrons. The minimum atomic E-state index is -0.693. The summed E-state index contributed by atoms with van der Waals surface area (Å²) in [6.07, 6.45) is -0.693. The van der Waals surface area contributed by atoms with Crippen molar-refractivity contribution in [2.75, 3.05) is 7.11 Å². The lowest BCUT2D eigenvalue weighted by molar-refractivity contribution is 0.213. The van der Waals surface area contributed by atoms with Crippen LogP contribution in [0.3, 0.4) is 0 Å². The van der Waals surface area contributed by atoms with Crippen LogP contribution >= 0.6 is 15.9 Å². The minimum absolute atomic E-state index is 0.693. The number of halogens is 1. The first-order chi connectivity index (χ1) is 9.45. The van der Waals surface area contributed by atoms with Crippen LogP contribution in [0.1, 0.15) is 33.9 Å². The fourth-order valence-corrected chi connectivity index (χ4v) is 2.75. The third-order valence-electron chi connectivity index (χ3n) is 3.74. The van der Waals surface area contributed by atoms with Crippen molar-refractivity contribution in [1.82, 2.24) is 0 Å². The predicted octanol–water partition coefficient (Wildman–Crippen LogP) is 4.46. The second-order valence-corrected chi connectivity index (χ2v) is 5.95. The first kappa shape index (κ1) is 15.1. The normalized spacial score (nSPS) is 12.3. The topological polar surface area (TPSA) is 29.5 Å². The van der Waals surface area contributed by atoms with Crippen molar-refractivity contribution in [2.24, 2.45) is 0 Å². The molecule has 2 rings (SSSR count). The lowest BCUT2D eigenvalue weighted by Gasteiger charge is -2.20. The molecule has 0 aromatic heterocycles. The van der Waals surface area contributed by atoms with E-state index in [2.05, 4.69) is 15.9 Å². The Morgan fingerprint density at radius 3 is 2.30 bits per heavy atom. The zero-order chi connectivity index (χ0) is 14.9. The first-order valence-corrected chi connectivity index (χ1v) is 7.33. The summed E-state index contributed by atoms with van der Waals surface area (Å²) in [7, 11) is 1.64. The summed E-state index contributed by atoms with van der Waals surface area (Å²) in [5.74, 6) is 0.761. The highest BCUT2D eigenvalue weighted by Crippen LogP contribution is 2.35. The number of rotatable bonds is 3. The zero-order valence-corrected chi connectivity index (χ0v) is 13.8. The van der Waals surface area contributed by atoms with E-state index in [4.69, 9.17) is 4.74 Å². The molecule has 1 unspecified atom stereocenters. The average molecular weight is 335 g/mol. The van der Waals surface area contributed by atoms with Crippen LogP contribution in [0.25, 0.3) is 0 Å². The lowest BCUT2D eigenvalue weighted by atomic mass is 9.94. The van der Waals surface area contributed by atoms with E-state index in [1.807, 2.05) is 51.1 Å². The number of hydrogen-bond donors (Lipinski definition) is 1. The largest absolute Gasteiger partial charge is 0.496 e. The summed E-state index contributed by atoms with van der Waals surface area (Å²) in [4.78, 5) is 0.